The number of hydrogen-bond donors (Lipinski definition) is 1. The Bertz CT molecular complexity index is 615. The molecule has 1 N–H and O–H groups in total. The Balaban J connectivity index is 2.52. The molecule has 1 aromatic rings. The Morgan fingerprint density at radius 2 is 1.52 bits per heavy atom. The molecule has 0 bridgehead atoms. The van der Waals surface area contributed by atoms with Crippen LogP contribution in [0.4, 0.5) is 4.39 Å². The number of rotatable bonds is 17. The normalized spacial score (nSPS) is 12.0. The first kappa shape index (κ1) is 25.1. The Morgan fingerprint density at radius 1 is 0.931 bits per heavy atom. The van der Waals surface area contributed by atoms with E-state index in [2.05, 4.69) is 13.8 Å². The summed E-state index contributed by atoms with van der Waals surface area (Å²) in [4.78, 5) is 23.7. The molecule has 0 heterocycles. The van der Waals surface area contributed by atoms with Gasteiger partial charge in [0, 0.05) is 12.5 Å². The van der Waals surface area contributed by atoms with Crippen LogP contribution in [0.25, 0.3) is 0 Å². The second-order valence-electron chi connectivity index (χ2n) is 7.73. The van der Waals surface area contributed by atoms with Crippen LogP contribution in [-0.2, 0) is 4.79 Å². The van der Waals surface area contributed by atoms with Gasteiger partial charge in [0.05, 0.1) is 5.56 Å². The van der Waals surface area contributed by atoms with Gasteiger partial charge in [0.25, 0.3) is 0 Å². The number of ether oxygens (including phenoxy) is 1. The summed E-state index contributed by atoms with van der Waals surface area (Å²) >= 11 is 0. The summed E-state index contributed by atoms with van der Waals surface area (Å²) in [7, 11) is 0. The standard InChI is InChI=1S/C24H37FO4/c1-3-5-7-9-11-13-15-23(24(27)28)29-19-16-17-20(21(25)18-19)22(26)14-12-10-8-6-4-2/h16-18,23H,3-15H2,1-2H3,(H,27,28). The fraction of sp³-hybridized carbons (Fsp3) is 0.667. The van der Waals surface area contributed by atoms with Crippen molar-refractivity contribution in [1.82, 2.24) is 0 Å². The van der Waals surface area contributed by atoms with E-state index in [1.165, 1.54) is 25.0 Å². The quantitative estimate of drug-likeness (QED) is 0.224. The van der Waals surface area contributed by atoms with Crippen LogP contribution in [0.2, 0.25) is 0 Å². The highest BCUT2D eigenvalue weighted by Crippen LogP contribution is 2.22. The van der Waals surface area contributed by atoms with E-state index >= 15 is 0 Å². The lowest BCUT2D eigenvalue weighted by molar-refractivity contribution is -0.145. The van der Waals surface area contributed by atoms with Crippen molar-refractivity contribution in [3.8, 4) is 5.75 Å². The second kappa shape index (κ2) is 15.0. The molecule has 0 saturated carbocycles. The minimum atomic E-state index is -1.05. The molecule has 1 rings (SSSR count). The van der Waals surface area contributed by atoms with Gasteiger partial charge >= 0.3 is 5.97 Å². The lowest BCUT2D eigenvalue weighted by atomic mass is 10.0. The van der Waals surface area contributed by atoms with E-state index in [1.807, 2.05) is 0 Å². The topological polar surface area (TPSA) is 63.6 Å². The maximum Gasteiger partial charge on any atom is 0.344 e. The highest BCUT2D eigenvalue weighted by molar-refractivity contribution is 5.96. The third kappa shape index (κ3) is 10.4. The van der Waals surface area contributed by atoms with Crippen molar-refractivity contribution in [2.24, 2.45) is 0 Å². The van der Waals surface area contributed by atoms with E-state index in [0.29, 0.717) is 12.8 Å². The van der Waals surface area contributed by atoms with Gasteiger partial charge < -0.3 is 9.84 Å². The molecule has 0 amide bonds. The monoisotopic (exact) mass is 408 g/mol. The van der Waals surface area contributed by atoms with E-state index in [4.69, 9.17) is 4.74 Å². The zero-order valence-corrected chi connectivity index (χ0v) is 18.1. The number of halogens is 1. The molecule has 0 aromatic heterocycles. The van der Waals surface area contributed by atoms with Crippen LogP contribution in [0.15, 0.2) is 18.2 Å². The van der Waals surface area contributed by atoms with E-state index in [-0.39, 0.29) is 17.1 Å². The third-order valence-electron chi connectivity index (χ3n) is 5.12. The fourth-order valence-electron chi connectivity index (χ4n) is 3.33. The molecule has 1 aromatic carbocycles. The highest BCUT2D eigenvalue weighted by Gasteiger charge is 2.20. The Kier molecular flexibility index (Phi) is 13.0. The second-order valence-corrected chi connectivity index (χ2v) is 7.73. The minimum Gasteiger partial charge on any atom is -0.479 e. The first-order chi connectivity index (χ1) is 14.0. The average molecular weight is 409 g/mol. The van der Waals surface area contributed by atoms with E-state index in [0.717, 1.165) is 63.9 Å². The fourth-order valence-corrected chi connectivity index (χ4v) is 3.33. The van der Waals surface area contributed by atoms with Crippen molar-refractivity contribution in [3.63, 3.8) is 0 Å². The largest absolute Gasteiger partial charge is 0.479 e. The summed E-state index contributed by atoms with van der Waals surface area (Å²) in [5.74, 6) is -1.76. The van der Waals surface area contributed by atoms with Crippen LogP contribution in [0.5, 0.6) is 5.75 Å². The number of Topliss-reactive ketones (excluding diaryl/α,β-unsaturated/α-hetero) is 1. The minimum absolute atomic E-state index is 0.0515. The molecule has 0 aliphatic rings. The molecule has 164 valence electrons. The summed E-state index contributed by atoms with van der Waals surface area (Å²) in [6.07, 6.45) is 11.2. The molecule has 0 spiro atoms. The Hall–Kier alpha value is -1.91. The molecule has 0 aliphatic carbocycles. The first-order valence-electron chi connectivity index (χ1n) is 11.2. The number of carboxylic acids is 1. The van der Waals surface area contributed by atoms with Crippen molar-refractivity contribution in [3.05, 3.63) is 29.6 Å². The molecule has 0 fully saturated rings. The van der Waals surface area contributed by atoms with Crippen molar-refractivity contribution in [2.75, 3.05) is 0 Å². The van der Waals surface area contributed by atoms with Gasteiger partial charge in [0.15, 0.2) is 11.9 Å². The lowest BCUT2D eigenvalue weighted by Gasteiger charge is -2.15. The van der Waals surface area contributed by atoms with Crippen molar-refractivity contribution < 1.29 is 23.8 Å². The van der Waals surface area contributed by atoms with E-state index < -0.39 is 17.9 Å². The number of unbranched alkanes of at least 4 members (excludes halogenated alkanes) is 9. The third-order valence-corrected chi connectivity index (χ3v) is 5.12. The van der Waals surface area contributed by atoms with Gasteiger partial charge in [-0.25, -0.2) is 9.18 Å². The molecule has 1 unspecified atom stereocenters. The highest BCUT2D eigenvalue weighted by atomic mass is 19.1. The maximum atomic E-state index is 14.4. The molecule has 1 atom stereocenters. The number of carbonyl (C=O) groups excluding carboxylic acids is 1. The number of carbonyl (C=O) groups is 2. The van der Waals surface area contributed by atoms with Gasteiger partial charge in [0.1, 0.15) is 11.6 Å². The smallest absolute Gasteiger partial charge is 0.344 e. The molecular formula is C24H37FO4. The van der Waals surface area contributed by atoms with Crippen LogP contribution in [-0.4, -0.2) is 23.0 Å². The number of carboxylic acid groups (broad SMARTS) is 1. The van der Waals surface area contributed by atoms with Gasteiger partial charge in [-0.05, 0) is 31.4 Å². The molecule has 0 aliphatic heterocycles. The molecule has 4 nitrogen and oxygen atoms in total. The zero-order valence-electron chi connectivity index (χ0n) is 18.1. The van der Waals surface area contributed by atoms with Crippen LogP contribution >= 0.6 is 0 Å². The summed E-state index contributed by atoms with van der Waals surface area (Å²) in [5.41, 5.74) is 0.0515. The van der Waals surface area contributed by atoms with Crippen molar-refractivity contribution in [1.29, 1.82) is 0 Å². The van der Waals surface area contributed by atoms with Crippen molar-refractivity contribution >= 4 is 11.8 Å². The number of benzene rings is 1. The number of hydrogen-bond acceptors (Lipinski definition) is 3. The molecule has 29 heavy (non-hydrogen) atoms. The summed E-state index contributed by atoms with van der Waals surface area (Å²) in [6.45, 7) is 4.28. The molecule has 0 saturated heterocycles. The number of aliphatic carboxylic acids is 1. The molecular weight excluding hydrogens is 371 g/mol. The molecule has 5 heteroatoms. The van der Waals surface area contributed by atoms with Gasteiger partial charge in [0.2, 0.25) is 0 Å². The van der Waals surface area contributed by atoms with Gasteiger partial charge in [-0.1, -0.05) is 71.6 Å². The van der Waals surface area contributed by atoms with Crippen LogP contribution in [0.1, 0.15) is 108 Å². The SMILES string of the molecule is CCCCCCCCC(Oc1ccc(C(=O)CCCCCCC)c(F)c1)C(=O)O. The first-order valence-corrected chi connectivity index (χ1v) is 11.2. The van der Waals surface area contributed by atoms with Gasteiger partial charge in [-0.2, -0.15) is 0 Å². The predicted octanol–water partition coefficient (Wildman–Crippen LogP) is 6.95. The van der Waals surface area contributed by atoms with Crippen LogP contribution in [0.3, 0.4) is 0 Å². The van der Waals surface area contributed by atoms with E-state index in [9.17, 15) is 19.1 Å². The predicted molar refractivity (Wildman–Crippen MR) is 114 cm³/mol. The average Bonchev–Trinajstić information content (AvgIpc) is 2.69. The lowest BCUT2D eigenvalue weighted by Crippen LogP contribution is -2.27. The summed E-state index contributed by atoms with van der Waals surface area (Å²) < 4.78 is 19.9. The van der Waals surface area contributed by atoms with Gasteiger partial charge in [-0.15, -0.1) is 0 Å². The Morgan fingerprint density at radius 3 is 2.10 bits per heavy atom. The number of ketones is 1. The van der Waals surface area contributed by atoms with Gasteiger partial charge in [-0.3, -0.25) is 4.79 Å². The van der Waals surface area contributed by atoms with Crippen molar-refractivity contribution in [2.45, 2.75) is 103 Å². The van der Waals surface area contributed by atoms with Crippen LogP contribution < -0.4 is 4.74 Å². The summed E-state index contributed by atoms with van der Waals surface area (Å²) in [6, 6.07) is 4.02. The Labute approximate surface area is 174 Å². The van der Waals surface area contributed by atoms with Crippen LogP contribution in [0, 0.1) is 5.82 Å². The van der Waals surface area contributed by atoms with E-state index in [1.54, 1.807) is 0 Å². The zero-order chi connectivity index (χ0) is 21.5. The maximum absolute atomic E-state index is 14.4. The molecule has 0 radical (unpaired) electrons. The summed E-state index contributed by atoms with van der Waals surface area (Å²) in [5, 5.41) is 9.37.